The second-order valence-electron chi connectivity index (χ2n) is 5.60. The quantitative estimate of drug-likeness (QED) is 0.421. The highest BCUT2D eigenvalue weighted by atomic mass is 35.5. The summed E-state index contributed by atoms with van der Waals surface area (Å²) in [4.78, 5) is 16.1. The lowest BCUT2D eigenvalue weighted by atomic mass is 10.1. The molecular weight excluding hydrogens is 357 g/mol. The fraction of sp³-hybridized carbons (Fsp3) is 0.105. The first-order chi connectivity index (χ1) is 12.5. The maximum Gasteiger partial charge on any atom is 0.277 e. The van der Waals surface area contributed by atoms with Crippen LogP contribution in [0.15, 0.2) is 53.6 Å². The maximum atomic E-state index is 12.8. The largest absolute Gasteiger partial charge is 0.484 e. The average molecular weight is 372 g/mol. The molecule has 1 heterocycles. The number of pyridine rings is 1. The van der Waals surface area contributed by atoms with Gasteiger partial charge in [0.1, 0.15) is 16.7 Å². The van der Waals surface area contributed by atoms with E-state index in [1.165, 1.54) is 30.5 Å². The Morgan fingerprint density at radius 1 is 1.27 bits per heavy atom. The summed E-state index contributed by atoms with van der Waals surface area (Å²) in [6.07, 6.45) is 1.42. The zero-order chi connectivity index (χ0) is 18.5. The number of nitrogens with one attached hydrogen (secondary N) is 1. The van der Waals surface area contributed by atoms with Gasteiger partial charge in [-0.25, -0.2) is 14.8 Å². The Bertz CT molecular complexity index is 974. The number of hydrogen-bond donors (Lipinski definition) is 1. The highest BCUT2D eigenvalue weighted by Gasteiger charge is 2.05. The van der Waals surface area contributed by atoms with Crippen molar-refractivity contribution >= 4 is 34.6 Å². The van der Waals surface area contributed by atoms with Crippen LogP contribution in [0.4, 0.5) is 4.39 Å². The van der Waals surface area contributed by atoms with Crippen LogP contribution in [0, 0.1) is 12.7 Å². The average Bonchev–Trinajstić information content (AvgIpc) is 2.62. The molecule has 0 fully saturated rings. The topological polar surface area (TPSA) is 63.6 Å². The number of hydrazone groups is 1. The summed E-state index contributed by atoms with van der Waals surface area (Å²) in [7, 11) is 0. The fourth-order valence-electron chi connectivity index (χ4n) is 2.25. The first-order valence-corrected chi connectivity index (χ1v) is 8.16. The molecule has 3 rings (SSSR count). The van der Waals surface area contributed by atoms with E-state index in [1.807, 2.05) is 31.2 Å². The van der Waals surface area contributed by atoms with Gasteiger partial charge in [0.05, 0.1) is 11.7 Å². The number of nitrogens with zero attached hydrogens (tertiary/aromatic N) is 2. The summed E-state index contributed by atoms with van der Waals surface area (Å²) in [5.41, 5.74) is 4.82. The monoisotopic (exact) mass is 371 g/mol. The number of halogens is 2. The van der Waals surface area contributed by atoms with Crippen LogP contribution >= 0.6 is 11.6 Å². The number of fused-ring (bicyclic) bond motifs is 1. The molecule has 5 nitrogen and oxygen atoms in total. The zero-order valence-electron chi connectivity index (χ0n) is 13.9. The molecule has 1 amide bonds. The molecule has 132 valence electrons. The van der Waals surface area contributed by atoms with Crippen LogP contribution in [-0.2, 0) is 4.79 Å². The third-order valence-corrected chi connectivity index (χ3v) is 3.83. The number of amides is 1. The van der Waals surface area contributed by atoms with Crippen molar-refractivity contribution in [2.75, 3.05) is 6.61 Å². The number of carbonyl (C=O) groups excluding carboxylic acids is 1. The van der Waals surface area contributed by atoms with Crippen LogP contribution < -0.4 is 10.2 Å². The molecule has 0 unspecified atom stereocenters. The second kappa shape index (κ2) is 7.93. The van der Waals surface area contributed by atoms with E-state index >= 15 is 0 Å². The van der Waals surface area contributed by atoms with Crippen LogP contribution in [0.5, 0.6) is 5.75 Å². The molecule has 0 aliphatic heterocycles. The maximum absolute atomic E-state index is 12.8. The minimum absolute atomic E-state index is 0.244. The van der Waals surface area contributed by atoms with Gasteiger partial charge in [0.2, 0.25) is 0 Å². The predicted octanol–water partition coefficient (Wildman–Crippen LogP) is 3.86. The molecule has 0 radical (unpaired) electrons. The van der Waals surface area contributed by atoms with Crippen LogP contribution in [0.1, 0.15) is 11.1 Å². The zero-order valence-corrected chi connectivity index (χ0v) is 14.6. The van der Waals surface area contributed by atoms with Crippen LogP contribution in [-0.4, -0.2) is 23.7 Å². The Labute approximate surface area is 154 Å². The van der Waals surface area contributed by atoms with Gasteiger partial charge in [0.25, 0.3) is 5.91 Å². The molecule has 7 heteroatoms. The van der Waals surface area contributed by atoms with Gasteiger partial charge in [-0.3, -0.25) is 4.79 Å². The Morgan fingerprint density at radius 3 is 2.81 bits per heavy atom. The van der Waals surface area contributed by atoms with Crippen molar-refractivity contribution < 1.29 is 13.9 Å². The van der Waals surface area contributed by atoms with E-state index in [9.17, 15) is 9.18 Å². The summed E-state index contributed by atoms with van der Waals surface area (Å²) in [5.74, 6) is -0.434. The molecule has 1 aromatic heterocycles. The Morgan fingerprint density at radius 2 is 2.04 bits per heavy atom. The number of rotatable bonds is 5. The Balaban J connectivity index is 1.60. The van der Waals surface area contributed by atoms with E-state index in [0.29, 0.717) is 16.5 Å². The van der Waals surface area contributed by atoms with E-state index < -0.39 is 5.91 Å². The third kappa shape index (κ3) is 4.55. The number of aryl methyl sites for hydroxylation is 1. The molecule has 0 aliphatic rings. The molecule has 0 atom stereocenters. The highest BCUT2D eigenvalue weighted by Crippen LogP contribution is 2.20. The van der Waals surface area contributed by atoms with Crippen molar-refractivity contribution in [2.24, 2.45) is 5.10 Å². The smallest absolute Gasteiger partial charge is 0.277 e. The lowest BCUT2D eigenvalue weighted by Crippen LogP contribution is -2.24. The molecule has 3 aromatic rings. The summed E-state index contributed by atoms with van der Waals surface area (Å²) in [6, 6.07) is 13.1. The van der Waals surface area contributed by atoms with Gasteiger partial charge < -0.3 is 4.74 Å². The summed E-state index contributed by atoms with van der Waals surface area (Å²) in [5, 5.41) is 5.08. The summed E-state index contributed by atoms with van der Waals surface area (Å²) < 4.78 is 18.0. The van der Waals surface area contributed by atoms with E-state index in [0.717, 1.165) is 16.5 Å². The van der Waals surface area contributed by atoms with Gasteiger partial charge in [-0.15, -0.1) is 0 Å². The molecule has 2 aromatic carbocycles. The first-order valence-electron chi connectivity index (χ1n) is 7.78. The van der Waals surface area contributed by atoms with Gasteiger partial charge >= 0.3 is 0 Å². The number of carbonyl (C=O) groups is 1. The molecule has 0 bridgehead atoms. The summed E-state index contributed by atoms with van der Waals surface area (Å²) >= 11 is 6.15. The summed E-state index contributed by atoms with van der Waals surface area (Å²) in [6.45, 7) is 1.74. The predicted molar refractivity (Wildman–Crippen MR) is 99.1 cm³/mol. The molecule has 1 N–H and O–H groups in total. The fourth-order valence-corrected chi connectivity index (χ4v) is 2.44. The number of ether oxygens (including phenoxy) is 1. The van der Waals surface area contributed by atoms with Gasteiger partial charge in [-0.05, 0) is 48.9 Å². The van der Waals surface area contributed by atoms with Crippen LogP contribution in [0.2, 0.25) is 5.15 Å². The van der Waals surface area contributed by atoms with Gasteiger partial charge in [-0.2, -0.15) is 5.10 Å². The van der Waals surface area contributed by atoms with E-state index in [1.54, 1.807) is 0 Å². The number of aromatic nitrogens is 1. The minimum Gasteiger partial charge on any atom is -0.484 e. The molecule has 26 heavy (non-hydrogen) atoms. The molecular formula is C19H15ClFN3O2. The van der Waals surface area contributed by atoms with Crippen LogP contribution in [0.3, 0.4) is 0 Å². The second-order valence-corrected chi connectivity index (χ2v) is 5.96. The third-order valence-electron chi connectivity index (χ3n) is 3.53. The Hall–Kier alpha value is -2.99. The standard InChI is InChI=1S/C19H15ClFN3O2/c1-12-2-3-13-9-14(19(20)23-17(13)8-12)10-22-24-18(25)11-26-16-6-4-15(21)5-7-16/h2-10H,11H2,1H3,(H,24,25)/b22-10-. The van der Waals surface area contributed by atoms with Crippen molar-refractivity contribution in [3.63, 3.8) is 0 Å². The van der Waals surface area contributed by atoms with Gasteiger partial charge in [-0.1, -0.05) is 23.7 Å². The number of hydrogen-bond acceptors (Lipinski definition) is 4. The molecule has 0 aliphatic carbocycles. The number of benzene rings is 2. The molecule has 0 spiro atoms. The Kier molecular flexibility index (Phi) is 5.43. The van der Waals surface area contributed by atoms with Crippen LogP contribution in [0.25, 0.3) is 10.9 Å². The van der Waals surface area contributed by atoms with Gasteiger partial charge in [0, 0.05) is 10.9 Å². The van der Waals surface area contributed by atoms with Gasteiger partial charge in [0.15, 0.2) is 6.61 Å². The normalized spacial score (nSPS) is 11.0. The van der Waals surface area contributed by atoms with Crippen molar-refractivity contribution in [3.8, 4) is 5.75 Å². The van der Waals surface area contributed by atoms with E-state index in [-0.39, 0.29) is 12.4 Å². The lowest BCUT2D eigenvalue weighted by molar-refractivity contribution is -0.123. The van der Waals surface area contributed by atoms with Crippen molar-refractivity contribution in [3.05, 3.63) is 70.6 Å². The SMILES string of the molecule is Cc1ccc2cc(/C=N\NC(=O)COc3ccc(F)cc3)c(Cl)nc2c1. The molecule has 0 saturated carbocycles. The van der Waals surface area contributed by atoms with E-state index in [4.69, 9.17) is 16.3 Å². The van der Waals surface area contributed by atoms with Crippen molar-refractivity contribution in [1.29, 1.82) is 0 Å². The van der Waals surface area contributed by atoms with E-state index in [2.05, 4.69) is 15.5 Å². The minimum atomic E-state index is -0.453. The lowest BCUT2D eigenvalue weighted by Gasteiger charge is -2.05. The first kappa shape index (κ1) is 17.8. The van der Waals surface area contributed by atoms with Crippen molar-refractivity contribution in [1.82, 2.24) is 10.4 Å². The van der Waals surface area contributed by atoms with Crippen molar-refractivity contribution in [2.45, 2.75) is 6.92 Å². The highest BCUT2D eigenvalue weighted by molar-refractivity contribution is 6.32. The molecule has 0 saturated heterocycles.